The summed E-state index contributed by atoms with van der Waals surface area (Å²) in [6.45, 7) is 7.76. The zero-order chi connectivity index (χ0) is 15.0. The van der Waals surface area contributed by atoms with E-state index in [2.05, 4.69) is 32.2 Å². The van der Waals surface area contributed by atoms with Gasteiger partial charge in [0, 0.05) is 6.04 Å². The van der Waals surface area contributed by atoms with Crippen molar-refractivity contribution in [2.24, 2.45) is 5.92 Å². The zero-order valence-electron chi connectivity index (χ0n) is 12.9. The molecule has 2 atom stereocenters. The largest absolute Gasteiger partial charge is 0.310 e. The van der Waals surface area contributed by atoms with Crippen LogP contribution < -0.4 is 5.32 Å². The standard InChI is InChI=1S/C17H27Cl2N/c1-4-7-8-13(6-3)17(20-11-5-2)14-9-10-15(18)16(19)12-14/h9-10,12-13,17,20H,4-8,11H2,1-3H3. The maximum atomic E-state index is 6.18. The lowest BCUT2D eigenvalue weighted by molar-refractivity contribution is 0.323. The number of benzene rings is 1. The monoisotopic (exact) mass is 315 g/mol. The van der Waals surface area contributed by atoms with E-state index >= 15 is 0 Å². The Kier molecular flexibility index (Phi) is 8.60. The Labute approximate surface area is 134 Å². The van der Waals surface area contributed by atoms with Crippen LogP contribution in [0.1, 0.15) is 64.5 Å². The molecule has 0 heterocycles. The predicted molar refractivity (Wildman–Crippen MR) is 90.8 cm³/mol. The van der Waals surface area contributed by atoms with Gasteiger partial charge in [-0.2, -0.15) is 0 Å². The van der Waals surface area contributed by atoms with Crippen LogP contribution in [0.15, 0.2) is 18.2 Å². The average Bonchev–Trinajstić information content (AvgIpc) is 2.45. The third kappa shape index (κ3) is 5.27. The molecule has 0 saturated carbocycles. The first-order chi connectivity index (χ1) is 9.63. The molecule has 1 N–H and O–H groups in total. The van der Waals surface area contributed by atoms with E-state index < -0.39 is 0 Å². The van der Waals surface area contributed by atoms with Crippen molar-refractivity contribution in [2.75, 3.05) is 6.54 Å². The van der Waals surface area contributed by atoms with Crippen molar-refractivity contribution in [3.8, 4) is 0 Å². The van der Waals surface area contributed by atoms with Crippen LogP contribution in [0.25, 0.3) is 0 Å². The maximum Gasteiger partial charge on any atom is 0.0595 e. The van der Waals surface area contributed by atoms with Gasteiger partial charge in [-0.15, -0.1) is 0 Å². The van der Waals surface area contributed by atoms with Crippen molar-refractivity contribution < 1.29 is 0 Å². The smallest absolute Gasteiger partial charge is 0.0595 e. The molecule has 0 spiro atoms. The normalized spacial score (nSPS) is 14.2. The van der Waals surface area contributed by atoms with Crippen LogP contribution in [0.3, 0.4) is 0 Å². The number of rotatable bonds is 9. The minimum atomic E-state index is 0.376. The quantitative estimate of drug-likeness (QED) is 0.567. The summed E-state index contributed by atoms with van der Waals surface area (Å²) in [5, 5.41) is 4.97. The third-order valence-electron chi connectivity index (χ3n) is 3.84. The summed E-state index contributed by atoms with van der Waals surface area (Å²) in [5.74, 6) is 0.652. The van der Waals surface area contributed by atoms with Crippen LogP contribution in [-0.4, -0.2) is 6.54 Å². The molecule has 2 unspecified atom stereocenters. The van der Waals surface area contributed by atoms with Gasteiger partial charge < -0.3 is 5.32 Å². The van der Waals surface area contributed by atoms with Crippen LogP contribution in [0.2, 0.25) is 10.0 Å². The lowest BCUT2D eigenvalue weighted by atomic mass is 9.87. The van der Waals surface area contributed by atoms with Crippen molar-refractivity contribution in [1.29, 1.82) is 0 Å². The second kappa shape index (κ2) is 9.65. The van der Waals surface area contributed by atoms with Crippen LogP contribution in [-0.2, 0) is 0 Å². The van der Waals surface area contributed by atoms with E-state index in [0.717, 1.165) is 13.0 Å². The average molecular weight is 316 g/mol. The van der Waals surface area contributed by atoms with Crippen molar-refractivity contribution in [2.45, 2.75) is 58.9 Å². The number of nitrogens with one attached hydrogen (secondary N) is 1. The van der Waals surface area contributed by atoms with Gasteiger partial charge in [0.05, 0.1) is 10.0 Å². The fourth-order valence-corrected chi connectivity index (χ4v) is 2.94. The van der Waals surface area contributed by atoms with Crippen molar-refractivity contribution in [1.82, 2.24) is 5.32 Å². The zero-order valence-corrected chi connectivity index (χ0v) is 14.4. The van der Waals surface area contributed by atoms with Gasteiger partial charge >= 0.3 is 0 Å². The van der Waals surface area contributed by atoms with E-state index in [9.17, 15) is 0 Å². The first kappa shape index (κ1) is 17.8. The van der Waals surface area contributed by atoms with Gasteiger partial charge in [0.25, 0.3) is 0 Å². The molecule has 3 heteroatoms. The van der Waals surface area contributed by atoms with E-state index in [-0.39, 0.29) is 0 Å². The molecule has 0 aliphatic carbocycles. The Morgan fingerprint density at radius 1 is 1.05 bits per heavy atom. The van der Waals surface area contributed by atoms with Gasteiger partial charge in [-0.05, 0) is 43.0 Å². The molecule has 0 aromatic heterocycles. The van der Waals surface area contributed by atoms with Crippen LogP contribution in [0.4, 0.5) is 0 Å². The highest BCUT2D eigenvalue weighted by atomic mass is 35.5. The number of hydrogen-bond donors (Lipinski definition) is 1. The summed E-state index contributed by atoms with van der Waals surface area (Å²) >= 11 is 12.2. The van der Waals surface area contributed by atoms with E-state index in [1.165, 1.54) is 31.2 Å². The Balaban J connectivity index is 2.93. The number of halogens is 2. The van der Waals surface area contributed by atoms with Gasteiger partial charge in [0.15, 0.2) is 0 Å². The fraction of sp³-hybridized carbons (Fsp3) is 0.647. The Morgan fingerprint density at radius 2 is 1.80 bits per heavy atom. The highest BCUT2D eigenvalue weighted by molar-refractivity contribution is 6.42. The van der Waals surface area contributed by atoms with Gasteiger partial charge in [-0.3, -0.25) is 0 Å². The molecule has 0 bridgehead atoms. The summed E-state index contributed by atoms with van der Waals surface area (Å²) in [5.41, 5.74) is 1.26. The molecule has 0 aliphatic heterocycles. The van der Waals surface area contributed by atoms with Crippen LogP contribution >= 0.6 is 23.2 Å². The van der Waals surface area contributed by atoms with Gasteiger partial charge in [0.2, 0.25) is 0 Å². The van der Waals surface area contributed by atoms with Crippen molar-refractivity contribution in [3.05, 3.63) is 33.8 Å². The fourth-order valence-electron chi connectivity index (χ4n) is 2.64. The Bertz CT molecular complexity index is 393. The Morgan fingerprint density at radius 3 is 2.35 bits per heavy atom. The first-order valence-corrected chi connectivity index (χ1v) is 8.57. The van der Waals surface area contributed by atoms with E-state index in [0.29, 0.717) is 22.0 Å². The molecule has 0 radical (unpaired) electrons. The molecule has 0 fully saturated rings. The highest BCUT2D eigenvalue weighted by Gasteiger charge is 2.21. The summed E-state index contributed by atoms with van der Waals surface area (Å²) < 4.78 is 0. The number of unbranched alkanes of at least 4 members (excludes halogenated alkanes) is 1. The molecule has 1 aromatic rings. The third-order valence-corrected chi connectivity index (χ3v) is 4.58. The summed E-state index contributed by atoms with van der Waals surface area (Å²) in [4.78, 5) is 0. The first-order valence-electron chi connectivity index (χ1n) is 7.82. The molecule has 1 nitrogen and oxygen atoms in total. The van der Waals surface area contributed by atoms with Crippen LogP contribution in [0.5, 0.6) is 0 Å². The summed E-state index contributed by atoms with van der Waals surface area (Å²) in [6.07, 6.45) is 6.11. The molecule has 20 heavy (non-hydrogen) atoms. The molecule has 1 aromatic carbocycles. The molecule has 0 amide bonds. The summed E-state index contributed by atoms with van der Waals surface area (Å²) in [7, 11) is 0. The SMILES string of the molecule is CCCCC(CC)C(NCCC)c1ccc(Cl)c(Cl)c1. The van der Waals surface area contributed by atoms with E-state index in [4.69, 9.17) is 23.2 Å². The Hall–Kier alpha value is -0.240. The topological polar surface area (TPSA) is 12.0 Å². The molecular weight excluding hydrogens is 289 g/mol. The van der Waals surface area contributed by atoms with E-state index in [1.54, 1.807) is 0 Å². The number of hydrogen-bond acceptors (Lipinski definition) is 1. The van der Waals surface area contributed by atoms with Crippen molar-refractivity contribution in [3.63, 3.8) is 0 Å². The van der Waals surface area contributed by atoms with Gasteiger partial charge in [-0.25, -0.2) is 0 Å². The minimum Gasteiger partial charge on any atom is -0.310 e. The molecular formula is C17H27Cl2N. The highest BCUT2D eigenvalue weighted by Crippen LogP contribution is 2.32. The second-order valence-electron chi connectivity index (χ2n) is 5.42. The lowest BCUT2D eigenvalue weighted by Crippen LogP contribution is -2.29. The van der Waals surface area contributed by atoms with Gasteiger partial charge in [-0.1, -0.05) is 69.3 Å². The molecule has 114 valence electrons. The second-order valence-corrected chi connectivity index (χ2v) is 6.23. The molecule has 0 saturated heterocycles. The van der Waals surface area contributed by atoms with E-state index in [1.807, 2.05) is 12.1 Å². The lowest BCUT2D eigenvalue weighted by Gasteiger charge is -2.28. The minimum absolute atomic E-state index is 0.376. The predicted octanol–water partition coefficient (Wildman–Crippen LogP) is 6.25. The van der Waals surface area contributed by atoms with Gasteiger partial charge in [0.1, 0.15) is 0 Å². The van der Waals surface area contributed by atoms with Crippen molar-refractivity contribution >= 4 is 23.2 Å². The van der Waals surface area contributed by atoms with Crippen LogP contribution in [0, 0.1) is 5.92 Å². The molecule has 0 aliphatic rings. The maximum absolute atomic E-state index is 6.18. The molecule has 1 rings (SSSR count). The summed E-state index contributed by atoms with van der Waals surface area (Å²) in [6, 6.07) is 6.41.